The zero-order chi connectivity index (χ0) is 20.3. The van der Waals surface area contributed by atoms with Crippen LogP contribution in [0.25, 0.3) is 10.9 Å². The number of halogens is 1. The minimum absolute atomic E-state index is 0.306. The predicted octanol–water partition coefficient (Wildman–Crippen LogP) is 4.33. The van der Waals surface area contributed by atoms with Crippen LogP contribution in [0.1, 0.15) is 29.8 Å². The van der Waals surface area contributed by atoms with E-state index in [1.807, 2.05) is 29.0 Å². The normalized spacial score (nSPS) is 11.8. The molecule has 8 heteroatoms. The van der Waals surface area contributed by atoms with Gasteiger partial charge >= 0.3 is 7.60 Å². The smallest absolute Gasteiger partial charge is 0.361 e. The fraction of sp³-hybridized carbons (Fsp3) is 0.250. The van der Waals surface area contributed by atoms with E-state index in [1.54, 1.807) is 38.1 Å². The van der Waals surface area contributed by atoms with Crippen molar-refractivity contribution in [1.29, 1.82) is 0 Å². The summed E-state index contributed by atoms with van der Waals surface area (Å²) in [7, 11) is -3.30. The van der Waals surface area contributed by atoms with Gasteiger partial charge in [-0.25, -0.2) is 0 Å². The van der Waals surface area contributed by atoms with Gasteiger partial charge in [0, 0.05) is 29.2 Å². The van der Waals surface area contributed by atoms with Crippen molar-refractivity contribution in [3.63, 3.8) is 0 Å². The summed E-state index contributed by atoms with van der Waals surface area (Å²) in [5.41, 5.74) is 7.65. The second kappa shape index (κ2) is 8.50. The third kappa shape index (κ3) is 4.15. The maximum Gasteiger partial charge on any atom is 0.361 e. The molecule has 28 heavy (non-hydrogen) atoms. The van der Waals surface area contributed by atoms with Gasteiger partial charge in [0.15, 0.2) is 0 Å². The number of carbonyl (C=O) groups is 1. The van der Waals surface area contributed by atoms with Crippen LogP contribution in [0.2, 0.25) is 5.02 Å². The van der Waals surface area contributed by atoms with Crippen LogP contribution in [0.5, 0.6) is 0 Å². The van der Waals surface area contributed by atoms with Crippen LogP contribution in [0, 0.1) is 0 Å². The first-order valence-electron chi connectivity index (χ1n) is 8.94. The van der Waals surface area contributed by atoms with Crippen molar-refractivity contribution in [3.05, 3.63) is 64.8 Å². The van der Waals surface area contributed by atoms with Gasteiger partial charge in [0.2, 0.25) is 5.91 Å². The first-order chi connectivity index (χ1) is 13.4. The van der Waals surface area contributed by atoms with Crippen LogP contribution >= 0.6 is 19.2 Å². The highest BCUT2D eigenvalue weighted by atomic mass is 35.5. The van der Waals surface area contributed by atoms with E-state index >= 15 is 0 Å². The van der Waals surface area contributed by atoms with Gasteiger partial charge in [-0.1, -0.05) is 23.7 Å². The Bertz CT molecular complexity index is 1040. The lowest BCUT2D eigenvalue weighted by molar-refractivity contribution is 0.100. The van der Waals surface area contributed by atoms with Crippen molar-refractivity contribution in [1.82, 2.24) is 4.57 Å². The predicted molar refractivity (Wildman–Crippen MR) is 112 cm³/mol. The van der Waals surface area contributed by atoms with Crippen molar-refractivity contribution in [2.24, 2.45) is 5.73 Å². The van der Waals surface area contributed by atoms with E-state index in [0.29, 0.717) is 35.6 Å². The van der Waals surface area contributed by atoms with Crippen molar-refractivity contribution in [2.75, 3.05) is 13.2 Å². The van der Waals surface area contributed by atoms with Crippen LogP contribution < -0.4 is 11.0 Å². The zero-order valence-corrected chi connectivity index (χ0v) is 17.4. The number of nitrogens with two attached hydrogens (primary N) is 1. The molecule has 0 aliphatic heterocycles. The number of primary amides is 1. The van der Waals surface area contributed by atoms with Gasteiger partial charge in [-0.05, 0) is 49.7 Å². The maximum absolute atomic E-state index is 12.8. The Morgan fingerprint density at radius 2 is 1.75 bits per heavy atom. The second-order valence-electron chi connectivity index (χ2n) is 6.20. The minimum Gasteiger partial charge on any atom is -0.366 e. The summed E-state index contributed by atoms with van der Waals surface area (Å²) in [6.45, 7) is 4.74. The van der Waals surface area contributed by atoms with Crippen LogP contribution in [0.4, 0.5) is 0 Å². The summed E-state index contributed by atoms with van der Waals surface area (Å²) in [5, 5.41) is 1.85. The number of benzene rings is 2. The highest BCUT2D eigenvalue weighted by Crippen LogP contribution is 2.46. The Labute approximate surface area is 168 Å². The molecule has 1 aromatic heterocycles. The maximum atomic E-state index is 12.8. The lowest BCUT2D eigenvalue weighted by Crippen LogP contribution is -2.11. The third-order valence-corrected chi connectivity index (χ3v) is 6.75. The standard InChI is InChI=1S/C20H22ClN2O4P/c1-3-26-28(25,27-4-2)16-8-5-14(6-9-16)12-23-13-18(21)17-11-15(20(22)24)7-10-19(17)23/h5-11,13H,3-4,12H2,1-2H3,(H2,22,24). The molecule has 0 fully saturated rings. The van der Waals surface area contributed by atoms with Crippen LogP contribution in [-0.4, -0.2) is 23.7 Å². The Hall–Kier alpha value is -2.11. The molecule has 0 bridgehead atoms. The number of nitrogens with zero attached hydrogens (tertiary/aromatic N) is 1. The summed E-state index contributed by atoms with van der Waals surface area (Å²) in [5.74, 6) is -0.491. The zero-order valence-electron chi connectivity index (χ0n) is 15.7. The number of amides is 1. The molecule has 148 valence electrons. The van der Waals surface area contributed by atoms with Gasteiger partial charge in [-0.2, -0.15) is 0 Å². The largest absolute Gasteiger partial charge is 0.366 e. The van der Waals surface area contributed by atoms with E-state index in [1.165, 1.54) is 0 Å². The number of hydrogen-bond acceptors (Lipinski definition) is 4. The van der Waals surface area contributed by atoms with E-state index < -0.39 is 13.5 Å². The first kappa shape index (κ1) is 20.6. The number of hydrogen-bond donors (Lipinski definition) is 1. The Kier molecular flexibility index (Phi) is 6.26. The molecule has 1 heterocycles. The number of aromatic nitrogens is 1. The molecule has 0 radical (unpaired) electrons. The van der Waals surface area contributed by atoms with Gasteiger partial charge < -0.3 is 19.3 Å². The number of rotatable bonds is 8. The lowest BCUT2D eigenvalue weighted by atomic mass is 10.1. The second-order valence-corrected chi connectivity index (χ2v) is 8.64. The van der Waals surface area contributed by atoms with Gasteiger partial charge in [0.1, 0.15) is 0 Å². The van der Waals surface area contributed by atoms with E-state index in [-0.39, 0.29) is 0 Å². The molecule has 0 unspecified atom stereocenters. The fourth-order valence-corrected chi connectivity index (χ4v) is 4.88. The Balaban J connectivity index is 1.88. The molecular formula is C20H22ClN2O4P. The Morgan fingerprint density at radius 1 is 1.11 bits per heavy atom. The summed E-state index contributed by atoms with van der Waals surface area (Å²) in [4.78, 5) is 11.4. The van der Waals surface area contributed by atoms with E-state index in [0.717, 1.165) is 16.5 Å². The minimum atomic E-state index is -3.30. The quantitative estimate of drug-likeness (QED) is 0.550. The van der Waals surface area contributed by atoms with Gasteiger partial charge in [-0.15, -0.1) is 0 Å². The van der Waals surface area contributed by atoms with Crippen molar-refractivity contribution < 1.29 is 18.4 Å². The molecule has 0 aliphatic rings. The van der Waals surface area contributed by atoms with Crippen LogP contribution in [-0.2, 0) is 20.2 Å². The molecule has 3 aromatic rings. The van der Waals surface area contributed by atoms with Gasteiger partial charge in [0.25, 0.3) is 0 Å². The first-order valence-corrected chi connectivity index (χ1v) is 10.9. The highest BCUT2D eigenvalue weighted by molar-refractivity contribution is 7.62. The Morgan fingerprint density at radius 3 is 2.32 bits per heavy atom. The summed E-state index contributed by atoms with van der Waals surface area (Å²) < 4.78 is 25.6. The highest BCUT2D eigenvalue weighted by Gasteiger charge is 2.26. The van der Waals surface area contributed by atoms with Crippen molar-refractivity contribution >= 4 is 41.3 Å². The van der Waals surface area contributed by atoms with E-state index in [9.17, 15) is 9.36 Å². The summed E-state index contributed by atoms with van der Waals surface area (Å²) in [6.07, 6.45) is 1.82. The molecule has 3 rings (SSSR count). The van der Waals surface area contributed by atoms with Crippen molar-refractivity contribution in [3.8, 4) is 0 Å². The molecular weight excluding hydrogens is 399 g/mol. The topological polar surface area (TPSA) is 83.6 Å². The molecule has 0 saturated carbocycles. The molecule has 0 atom stereocenters. The molecule has 2 aromatic carbocycles. The average Bonchev–Trinajstić information content (AvgIpc) is 2.98. The third-order valence-electron chi connectivity index (χ3n) is 4.32. The molecule has 1 amide bonds. The van der Waals surface area contributed by atoms with Crippen molar-refractivity contribution in [2.45, 2.75) is 20.4 Å². The summed E-state index contributed by atoms with van der Waals surface area (Å²) in [6, 6.07) is 12.5. The average molecular weight is 421 g/mol. The monoisotopic (exact) mass is 420 g/mol. The fourth-order valence-electron chi connectivity index (χ4n) is 3.04. The molecule has 2 N–H and O–H groups in total. The van der Waals surface area contributed by atoms with Gasteiger partial charge in [0.05, 0.1) is 23.5 Å². The van der Waals surface area contributed by atoms with E-state index in [2.05, 4.69) is 0 Å². The number of carbonyl (C=O) groups excluding carboxylic acids is 1. The molecule has 0 saturated heterocycles. The summed E-state index contributed by atoms with van der Waals surface area (Å²) >= 11 is 6.33. The SMILES string of the molecule is CCOP(=O)(OCC)c1ccc(Cn2cc(Cl)c3cc(C(N)=O)ccc32)cc1. The molecule has 0 aliphatic carbocycles. The number of fused-ring (bicyclic) bond motifs is 1. The molecule has 0 spiro atoms. The van der Waals surface area contributed by atoms with Gasteiger partial charge in [-0.3, -0.25) is 9.36 Å². The van der Waals surface area contributed by atoms with E-state index in [4.69, 9.17) is 26.4 Å². The van der Waals surface area contributed by atoms with Crippen LogP contribution in [0.3, 0.4) is 0 Å². The lowest BCUT2D eigenvalue weighted by Gasteiger charge is -2.17. The van der Waals surface area contributed by atoms with Crippen LogP contribution in [0.15, 0.2) is 48.7 Å². The molecule has 6 nitrogen and oxygen atoms in total.